The number of carboxylic acids is 2. The van der Waals surface area contributed by atoms with Crippen LogP contribution in [0.4, 0.5) is 5.69 Å². The highest BCUT2D eigenvalue weighted by molar-refractivity contribution is 5.76. The van der Waals surface area contributed by atoms with Crippen LogP contribution in [0.2, 0.25) is 0 Å². The van der Waals surface area contributed by atoms with Crippen LogP contribution in [-0.4, -0.2) is 39.2 Å². The first-order valence-electron chi connectivity index (χ1n) is 7.32. The van der Waals surface area contributed by atoms with Gasteiger partial charge in [-0.05, 0) is 31.0 Å². The number of benzene rings is 1. The van der Waals surface area contributed by atoms with E-state index >= 15 is 0 Å². The Balaban J connectivity index is 0.000000240. The third-order valence-electron chi connectivity index (χ3n) is 3.03. The summed E-state index contributed by atoms with van der Waals surface area (Å²) in [7, 11) is 0. The summed E-state index contributed by atoms with van der Waals surface area (Å²) in [5, 5.41) is 19.9. The van der Waals surface area contributed by atoms with Crippen molar-refractivity contribution in [2.45, 2.75) is 25.4 Å². The van der Waals surface area contributed by atoms with E-state index in [0.29, 0.717) is 12.1 Å². The maximum absolute atomic E-state index is 10.4. The van der Waals surface area contributed by atoms with Gasteiger partial charge in [0, 0.05) is 12.4 Å². The Morgan fingerprint density at radius 2 is 1.79 bits per heavy atom. The van der Waals surface area contributed by atoms with Crippen LogP contribution in [0.5, 0.6) is 0 Å². The van der Waals surface area contributed by atoms with E-state index in [1.807, 2.05) is 30.3 Å². The van der Waals surface area contributed by atoms with E-state index in [9.17, 15) is 9.59 Å². The van der Waals surface area contributed by atoms with Gasteiger partial charge in [0.2, 0.25) is 0 Å². The van der Waals surface area contributed by atoms with E-state index in [4.69, 9.17) is 15.9 Å². The van der Waals surface area contributed by atoms with Gasteiger partial charge >= 0.3 is 11.9 Å². The number of nitrogens with two attached hydrogens (primary N) is 1. The summed E-state index contributed by atoms with van der Waals surface area (Å²) in [6.45, 7) is 1.58. The molecular formula is C17H21N3O4. The second-order valence-corrected chi connectivity index (χ2v) is 5.08. The van der Waals surface area contributed by atoms with Gasteiger partial charge in [-0.2, -0.15) is 0 Å². The highest BCUT2D eigenvalue weighted by atomic mass is 16.4. The molecular weight excluding hydrogens is 310 g/mol. The predicted molar refractivity (Wildman–Crippen MR) is 90.7 cm³/mol. The van der Waals surface area contributed by atoms with E-state index in [0.717, 1.165) is 5.56 Å². The molecule has 0 radical (unpaired) electrons. The molecule has 1 heterocycles. The van der Waals surface area contributed by atoms with E-state index < -0.39 is 24.0 Å². The van der Waals surface area contributed by atoms with Crippen LogP contribution in [-0.2, 0) is 16.0 Å². The number of rotatable bonds is 6. The SMILES string of the molecule is CC(Nc1cccnc1)C(=O)O.NC(Cc1ccccc1)C(=O)O. The fraction of sp³-hybridized carbons (Fsp3) is 0.235. The standard InChI is InChI=1S/C9H11NO2.C8H10N2O2/c10-8(9(11)12)6-7-4-2-1-3-5-7;1-6(8(11)12)10-7-3-2-4-9-5-7/h1-5,8H,6,10H2,(H,11,12);2-6,10H,1H3,(H,11,12). The van der Waals surface area contributed by atoms with Crippen LogP contribution in [0.15, 0.2) is 54.9 Å². The van der Waals surface area contributed by atoms with Gasteiger partial charge in [-0.3, -0.25) is 14.6 Å². The molecule has 0 saturated heterocycles. The van der Waals surface area contributed by atoms with Crippen molar-refractivity contribution in [3.05, 3.63) is 60.4 Å². The molecule has 1 aromatic heterocycles. The molecule has 0 bridgehead atoms. The lowest BCUT2D eigenvalue weighted by atomic mass is 10.1. The average molecular weight is 331 g/mol. The van der Waals surface area contributed by atoms with Gasteiger partial charge < -0.3 is 21.3 Å². The first-order chi connectivity index (χ1) is 11.4. The van der Waals surface area contributed by atoms with Crippen molar-refractivity contribution in [1.82, 2.24) is 4.98 Å². The third kappa shape index (κ3) is 7.37. The first-order valence-corrected chi connectivity index (χ1v) is 7.32. The molecule has 128 valence electrons. The minimum Gasteiger partial charge on any atom is -0.480 e. The second kappa shape index (κ2) is 9.96. The van der Waals surface area contributed by atoms with Gasteiger partial charge in [0.1, 0.15) is 12.1 Å². The number of nitrogens with zero attached hydrogens (tertiary/aromatic N) is 1. The Morgan fingerprint density at radius 1 is 1.12 bits per heavy atom. The average Bonchev–Trinajstić information content (AvgIpc) is 2.57. The normalized spacial score (nSPS) is 12.2. The zero-order valence-corrected chi connectivity index (χ0v) is 13.3. The molecule has 2 aromatic rings. The fourth-order valence-corrected chi connectivity index (χ4v) is 1.72. The number of pyridine rings is 1. The fourth-order valence-electron chi connectivity index (χ4n) is 1.72. The first kappa shape index (κ1) is 19.1. The van der Waals surface area contributed by atoms with Gasteiger partial charge in [0.05, 0.1) is 5.69 Å². The van der Waals surface area contributed by atoms with Gasteiger partial charge in [0.25, 0.3) is 0 Å². The third-order valence-corrected chi connectivity index (χ3v) is 3.03. The molecule has 2 atom stereocenters. The lowest BCUT2D eigenvalue weighted by Gasteiger charge is -2.08. The van der Waals surface area contributed by atoms with Crippen molar-refractivity contribution in [2.75, 3.05) is 5.32 Å². The summed E-state index contributed by atoms with van der Waals surface area (Å²) in [4.78, 5) is 24.6. The lowest BCUT2D eigenvalue weighted by molar-refractivity contribution is -0.139. The molecule has 2 unspecified atom stereocenters. The highest BCUT2D eigenvalue weighted by Crippen LogP contribution is 2.04. The molecule has 1 aromatic carbocycles. The summed E-state index contributed by atoms with van der Waals surface area (Å²) in [6, 6.07) is 11.5. The van der Waals surface area contributed by atoms with Crippen LogP contribution >= 0.6 is 0 Å². The molecule has 0 fully saturated rings. The van der Waals surface area contributed by atoms with Crippen LogP contribution in [0, 0.1) is 0 Å². The summed E-state index contributed by atoms with van der Waals surface area (Å²) in [6.07, 6.45) is 3.60. The minimum absolute atomic E-state index is 0.385. The van der Waals surface area contributed by atoms with Crippen molar-refractivity contribution in [3.8, 4) is 0 Å². The molecule has 0 amide bonds. The highest BCUT2D eigenvalue weighted by Gasteiger charge is 2.11. The predicted octanol–water partition coefficient (Wildman–Crippen LogP) is 1.61. The smallest absolute Gasteiger partial charge is 0.325 e. The molecule has 0 aliphatic carbocycles. The van der Waals surface area contributed by atoms with E-state index in [1.54, 1.807) is 31.5 Å². The molecule has 0 saturated carbocycles. The number of hydrogen-bond acceptors (Lipinski definition) is 5. The van der Waals surface area contributed by atoms with Crippen molar-refractivity contribution < 1.29 is 19.8 Å². The number of nitrogens with one attached hydrogen (secondary N) is 1. The van der Waals surface area contributed by atoms with Crippen LogP contribution in [0.25, 0.3) is 0 Å². The zero-order chi connectivity index (χ0) is 17.9. The Hall–Kier alpha value is -2.93. The van der Waals surface area contributed by atoms with E-state index in [2.05, 4.69) is 10.3 Å². The number of aliphatic carboxylic acids is 2. The Labute approximate surface area is 140 Å². The minimum atomic E-state index is -0.959. The molecule has 24 heavy (non-hydrogen) atoms. The Kier molecular flexibility index (Phi) is 7.93. The number of anilines is 1. The maximum Gasteiger partial charge on any atom is 0.325 e. The van der Waals surface area contributed by atoms with Crippen molar-refractivity contribution >= 4 is 17.6 Å². The number of hydrogen-bond donors (Lipinski definition) is 4. The largest absolute Gasteiger partial charge is 0.480 e. The number of carbonyl (C=O) groups is 2. The quantitative estimate of drug-likeness (QED) is 0.633. The summed E-state index contributed by atoms with van der Waals surface area (Å²) in [5.41, 5.74) is 7.02. The number of carboxylic acid groups (broad SMARTS) is 2. The molecule has 0 spiro atoms. The molecule has 7 nitrogen and oxygen atoms in total. The number of aromatic nitrogens is 1. The summed E-state index contributed by atoms with van der Waals surface area (Å²) in [5.74, 6) is -1.84. The summed E-state index contributed by atoms with van der Waals surface area (Å²) < 4.78 is 0. The van der Waals surface area contributed by atoms with Gasteiger partial charge in [-0.15, -0.1) is 0 Å². The van der Waals surface area contributed by atoms with Crippen LogP contribution in [0.1, 0.15) is 12.5 Å². The Morgan fingerprint density at radius 3 is 2.29 bits per heavy atom. The second-order valence-electron chi connectivity index (χ2n) is 5.08. The molecule has 0 aliphatic heterocycles. The topological polar surface area (TPSA) is 126 Å². The van der Waals surface area contributed by atoms with Gasteiger partial charge in [-0.1, -0.05) is 30.3 Å². The van der Waals surface area contributed by atoms with E-state index in [-0.39, 0.29) is 0 Å². The maximum atomic E-state index is 10.4. The monoisotopic (exact) mass is 331 g/mol. The lowest BCUT2D eigenvalue weighted by Crippen LogP contribution is -2.32. The van der Waals surface area contributed by atoms with Crippen LogP contribution < -0.4 is 11.1 Å². The van der Waals surface area contributed by atoms with Crippen molar-refractivity contribution in [2.24, 2.45) is 5.73 Å². The molecule has 0 aliphatic rings. The van der Waals surface area contributed by atoms with E-state index in [1.165, 1.54) is 0 Å². The molecule has 5 N–H and O–H groups in total. The molecule has 2 rings (SSSR count). The van der Waals surface area contributed by atoms with Gasteiger partial charge in [0.15, 0.2) is 0 Å². The van der Waals surface area contributed by atoms with Crippen molar-refractivity contribution in [3.63, 3.8) is 0 Å². The van der Waals surface area contributed by atoms with Gasteiger partial charge in [-0.25, -0.2) is 0 Å². The van der Waals surface area contributed by atoms with Crippen LogP contribution in [0.3, 0.4) is 0 Å². The summed E-state index contributed by atoms with van der Waals surface area (Å²) >= 11 is 0. The Bertz CT molecular complexity index is 577. The molecule has 7 heteroatoms. The zero-order valence-electron chi connectivity index (χ0n) is 13.3. The van der Waals surface area contributed by atoms with Crippen molar-refractivity contribution in [1.29, 1.82) is 0 Å².